The number of ketones is 1. The van der Waals surface area contributed by atoms with Gasteiger partial charge in [-0.2, -0.15) is 0 Å². The minimum Gasteiger partial charge on any atom is -0.445 e. The highest BCUT2D eigenvalue weighted by Gasteiger charge is 2.17. The van der Waals surface area contributed by atoms with Gasteiger partial charge in [-0.1, -0.05) is 51.1 Å². The van der Waals surface area contributed by atoms with Crippen LogP contribution in [0.25, 0.3) is 0 Å². The Kier molecular flexibility index (Phi) is 16.2. The van der Waals surface area contributed by atoms with E-state index >= 15 is 0 Å². The van der Waals surface area contributed by atoms with Gasteiger partial charge in [-0.25, -0.2) is 4.79 Å². The van der Waals surface area contributed by atoms with E-state index in [9.17, 15) is 9.59 Å². The van der Waals surface area contributed by atoms with Gasteiger partial charge in [-0.15, -0.1) is 0 Å². The summed E-state index contributed by atoms with van der Waals surface area (Å²) in [5, 5.41) is 7.00. The molecule has 0 aromatic heterocycles. The number of likely N-dealkylation sites (N-methyl/N-ethyl adjacent to an activating group) is 1. The van der Waals surface area contributed by atoms with E-state index in [0.29, 0.717) is 0 Å². The molecule has 1 rings (SSSR count). The van der Waals surface area contributed by atoms with Gasteiger partial charge in [-0.05, 0) is 18.5 Å². The van der Waals surface area contributed by atoms with Gasteiger partial charge in [0.25, 0.3) is 0 Å². The number of hydrogen-bond acceptors (Lipinski definition) is 5. The van der Waals surface area contributed by atoms with Crippen molar-refractivity contribution in [1.29, 1.82) is 0 Å². The Bertz CT molecular complexity index is 438. The van der Waals surface area contributed by atoms with E-state index in [1.54, 1.807) is 7.05 Å². The van der Waals surface area contributed by atoms with E-state index in [4.69, 9.17) is 15.6 Å². The Balaban J connectivity index is 0. The predicted octanol–water partition coefficient (Wildman–Crippen LogP) is 2.44. The molecule has 0 unspecified atom stereocenters. The topological polar surface area (TPSA) is 92.9 Å². The first kappa shape index (κ1) is 24.3. The SMILES string of the molecule is CCN.CC[C@H](C)C(=O)CN(C)C(=O)OCc1ccccc1.CO. The van der Waals surface area contributed by atoms with Crippen molar-refractivity contribution in [2.75, 3.05) is 27.2 Å². The molecule has 6 heteroatoms. The maximum absolute atomic E-state index is 11.7. The Morgan fingerprint density at radius 2 is 1.71 bits per heavy atom. The van der Waals surface area contributed by atoms with Crippen LogP contribution < -0.4 is 5.73 Å². The summed E-state index contributed by atoms with van der Waals surface area (Å²) in [6, 6.07) is 9.45. The van der Waals surface area contributed by atoms with Crippen molar-refractivity contribution in [1.82, 2.24) is 4.90 Å². The van der Waals surface area contributed by atoms with E-state index in [-0.39, 0.29) is 24.9 Å². The summed E-state index contributed by atoms with van der Waals surface area (Å²) >= 11 is 0. The van der Waals surface area contributed by atoms with Gasteiger partial charge in [0.15, 0.2) is 5.78 Å². The summed E-state index contributed by atoms with van der Waals surface area (Å²) in [7, 11) is 2.58. The maximum Gasteiger partial charge on any atom is 0.410 e. The highest BCUT2D eigenvalue weighted by Crippen LogP contribution is 2.05. The lowest BCUT2D eigenvalue weighted by Crippen LogP contribution is -2.34. The van der Waals surface area contributed by atoms with E-state index in [1.165, 1.54) is 4.90 Å². The van der Waals surface area contributed by atoms with Crippen LogP contribution in [0.4, 0.5) is 4.79 Å². The average Bonchev–Trinajstić information content (AvgIpc) is 2.62. The molecular weight excluding hydrogens is 308 g/mol. The average molecular weight is 340 g/mol. The van der Waals surface area contributed by atoms with Crippen molar-refractivity contribution in [2.45, 2.75) is 33.8 Å². The molecule has 1 atom stereocenters. The minimum atomic E-state index is -0.472. The second-order valence-corrected chi connectivity index (χ2v) is 5.08. The lowest BCUT2D eigenvalue weighted by molar-refractivity contribution is -0.123. The highest BCUT2D eigenvalue weighted by atomic mass is 16.6. The summed E-state index contributed by atoms with van der Waals surface area (Å²) in [6.07, 6.45) is 0.312. The summed E-state index contributed by atoms with van der Waals surface area (Å²) < 4.78 is 5.14. The number of hydrogen-bond donors (Lipinski definition) is 2. The molecule has 3 N–H and O–H groups in total. The molecule has 1 aromatic carbocycles. The van der Waals surface area contributed by atoms with Crippen molar-refractivity contribution in [3.63, 3.8) is 0 Å². The quantitative estimate of drug-likeness (QED) is 0.830. The smallest absolute Gasteiger partial charge is 0.410 e. The number of ether oxygens (including phenoxy) is 1. The molecule has 0 bridgehead atoms. The third-order valence-corrected chi connectivity index (χ3v) is 3.07. The number of Topliss-reactive ketones (excluding diaryl/α,β-unsaturated/α-hetero) is 1. The van der Waals surface area contributed by atoms with Crippen LogP contribution in [0.5, 0.6) is 0 Å². The van der Waals surface area contributed by atoms with Gasteiger partial charge in [0.05, 0.1) is 6.54 Å². The number of nitrogens with zero attached hydrogens (tertiary/aromatic N) is 1. The first-order chi connectivity index (χ1) is 11.5. The second-order valence-electron chi connectivity index (χ2n) is 5.08. The molecule has 0 radical (unpaired) electrons. The van der Waals surface area contributed by atoms with Crippen molar-refractivity contribution in [3.05, 3.63) is 35.9 Å². The van der Waals surface area contributed by atoms with Crippen molar-refractivity contribution >= 4 is 11.9 Å². The number of carbonyl (C=O) groups is 2. The van der Waals surface area contributed by atoms with Gasteiger partial charge >= 0.3 is 6.09 Å². The third-order valence-electron chi connectivity index (χ3n) is 3.07. The molecule has 6 nitrogen and oxygen atoms in total. The first-order valence-electron chi connectivity index (χ1n) is 8.05. The predicted molar refractivity (Wildman–Crippen MR) is 96.6 cm³/mol. The molecule has 24 heavy (non-hydrogen) atoms. The van der Waals surface area contributed by atoms with E-state index in [0.717, 1.165) is 25.6 Å². The largest absolute Gasteiger partial charge is 0.445 e. The number of aliphatic hydroxyl groups excluding tert-OH is 1. The fourth-order valence-electron chi connectivity index (χ4n) is 1.51. The zero-order chi connectivity index (χ0) is 19.0. The minimum absolute atomic E-state index is 0.0237. The van der Waals surface area contributed by atoms with Gasteiger partial charge < -0.3 is 20.5 Å². The number of aliphatic hydroxyl groups is 1. The Labute approximate surface area is 145 Å². The van der Waals surface area contributed by atoms with Crippen LogP contribution >= 0.6 is 0 Å². The van der Waals surface area contributed by atoms with E-state index < -0.39 is 6.09 Å². The zero-order valence-electron chi connectivity index (χ0n) is 15.5. The van der Waals surface area contributed by atoms with Crippen LogP contribution in [0.3, 0.4) is 0 Å². The standard InChI is InChI=1S/C15H21NO3.C2H7N.CH4O/c1-4-12(2)14(17)10-16(3)15(18)19-11-13-8-6-5-7-9-13;1-2-3;1-2/h5-9,12H,4,10-11H2,1-3H3;2-3H2,1H3;2H,1H3/t12-;;/m0../s1. The summed E-state index contributed by atoms with van der Waals surface area (Å²) in [6.45, 7) is 6.80. The van der Waals surface area contributed by atoms with Crippen LogP contribution in [0, 0.1) is 5.92 Å². The van der Waals surface area contributed by atoms with Crippen molar-refractivity contribution < 1.29 is 19.4 Å². The highest BCUT2D eigenvalue weighted by molar-refractivity contribution is 5.85. The number of nitrogens with two attached hydrogens (primary N) is 1. The lowest BCUT2D eigenvalue weighted by atomic mass is 10.0. The van der Waals surface area contributed by atoms with Crippen LogP contribution in [0.2, 0.25) is 0 Å². The molecular formula is C18H32N2O4. The maximum atomic E-state index is 11.7. The third kappa shape index (κ3) is 11.6. The fourth-order valence-corrected chi connectivity index (χ4v) is 1.51. The van der Waals surface area contributed by atoms with Gasteiger partial charge in [0.2, 0.25) is 0 Å². The molecule has 0 aliphatic rings. The normalized spacial score (nSPS) is 10.3. The summed E-state index contributed by atoms with van der Waals surface area (Å²) in [4.78, 5) is 24.7. The number of rotatable bonds is 6. The van der Waals surface area contributed by atoms with Crippen LogP contribution in [0.1, 0.15) is 32.8 Å². The van der Waals surface area contributed by atoms with Crippen LogP contribution in [0.15, 0.2) is 30.3 Å². The summed E-state index contributed by atoms with van der Waals surface area (Å²) in [5.74, 6) is 0.0334. The second kappa shape index (κ2) is 16.0. The molecule has 0 spiro atoms. The number of amides is 1. The van der Waals surface area contributed by atoms with Crippen LogP contribution in [-0.4, -0.2) is 49.1 Å². The Morgan fingerprint density at radius 1 is 1.21 bits per heavy atom. The molecule has 0 aliphatic carbocycles. The number of benzene rings is 1. The Hall–Kier alpha value is -1.92. The molecule has 0 heterocycles. The molecule has 0 aliphatic heterocycles. The van der Waals surface area contributed by atoms with Crippen LogP contribution in [-0.2, 0) is 16.1 Å². The Morgan fingerprint density at radius 3 is 2.17 bits per heavy atom. The monoisotopic (exact) mass is 340 g/mol. The summed E-state index contributed by atoms with van der Waals surface area (Å²) in [5.41, 5.74) is 5.78. The lowest BCUT2D eigenvalue weighted by Gasteiger charge is -2.18. The first-order valence-corrected chi connectivity index (χ1v) is 8.05. The van der Waals surface area contributed by atoms with E-state index in [1.807, 2.05) is 51.1 Å². The van der Waals surface area contributed by atoms with Gasteiger partial charge in [0.1, 0.15) is 6.61 Å². The van der Waals surface area contributed by atoms with Crippen molar-refractivity contribution in [3.8, 4) is 0 Å². The van der Waals surface area contributed by atoms with Crippen molar-refractivity contribution in [2.24, 2.45) is 11.7 Å². The van der Waals surface area contributed by atoms with E-state index in [2.05, 4.69) is 0 Å². The molecule has 138 valence electrons. The fraction of sp³-hybridized carbons (Fsp3) is 0.556. The number of carbonyl (C=O) groups excluding carboxylic acids is 2. The zero-order valence-corrected chi connectivity index (χ0v) is 15.5. The molecule has 1 aromatic rings. The molecule has 0 fully saturated rings. The van der Waals surface area contributed by atoms with Gasteiger partial charge in [-0.3, -0.25) is 4.79 Å². The molecule has 1 amide bonds. The molecule has 0 saturated carbocycles. The van der Waals surface area contributed by atoms with Gasteiger partial charge in [0, 0.05) is 20.1 Å². The molecule has 0 saturated heterocycles.